The van der Waals surface area contributed by atoms with Crippen molar-refractivity contribution in [2.75, 3.05) is 13.1 Å². The second-order valence-electron chi connectivity index (χ2n) is 6.32. The Hall–Kier alpha value is -1.71. The van der Waals surface area contributed by atoms with Gasteiger partial charge in [0.25, 0.3) is 0 Å². The van der Waals surface area contributed by atoms with Crippen LogP contribution < -0.4 is 0 Å². The first-order chi connectivity index (χ1) is 10.8. The molecule has 4 rings (SSSR count). The van der Waals surface area contributed by atoms with E-state index in [2.05, 4.69) is 29.2 Å². The number of hydrogen-bond acceptors (Lipinski definition) is 2. The van der Waals surface area contributed by atoms with Gasteiger partial charge >= 0.3 is 0 Å². The number of likely N-dealkylation sites (tertiary alicyclic amines) is 1. The lowest BCUT2D eigenvalue weighted by atomic mass is 9.83. The van der Waals surface area contributed by atoms with Gasteiger partial charge < -0.3 is 4.74 Å². The van der Waals surface area contributed by atoms with Crippen molar-refractivity contribution < 1.29 is 9.13 Å². The van der Waals surface area contributed by atoms with Crippen molar-refractivity contribution in [2.24, 2.45) is 0 Å². The van der Waals surface area contributed by atoms with Crippen LogP contribution in [0.3, 0.4) is 0 Å². The van der Waals surface area contributed by atoms with Crippen molar-refractivity contribution in [3.05, 3.63) is 71.0 Å². The van der Waals surface area contributed by atoms with Crippen molar-refractivity contribution in [2.45, 2.75) is 31.6 Å². The van der Waals surface area contributed by atoms with Crippen molar-refractivity contribution in [3.8, 4) is 0 Å². The second kappa shape index (κ2) is 5.49. The fourth-order valence-corrected chi connectivity index (χ4v) is 3.80. The molecular formula is C19H20FNO. The van der Waals surface area contributed by atoms with Crippen LogP contribution in [0.2, 0.25) is 0 Å². The van der Waals surface area contributed by atoms with Gasteiger partial charge in [0.15, 0.2) is 0 Å². The van der Waals surface area contributed by atoms with Gasteiger partial charge in [-0.05, 0) is 30.0 Å². The highest BCUT2D eigenvalue weighted by Gasteiger charge is 2.44. The average molecular weight is 297 g/mol. The summed E-state index contributed by atoms with van der Waals surface area (Å²) in [4.78, 5) is 2.43. The van der Waals surface area contributed by atoms with Gasteiger partial charge in [0.05, 0.1) is 12.2 Å². The molecule has 3 heteroatoms. The smallest absolute Gasteiger partial charge is 0.129 e. The van der Waals surface area contributed by atoms with Gasteiger partial charge in [0.1, 0.15) is 5.82 Å². The molecule has 0 aromatic heterocycles. The second-order valence-corrected chi connectivity index (χ2v) is 6.32. The molecule has 2 aromatic rings. The van der Waals surface area contributed by atoms with Gasteiger partial charge in [0, 0.05) is 25.2 Å². The Morgan fingerprint density at radius 1 is 1.00 bits per heavy atom. The van der Waals surface area contributed by atoms with Crippen LogP contribution in [0.25, 0.3) is 0 Å². The van der Waals surface area contributed by atoms with Gasteiger partial charge in [-0.2, -0.15) is 0 Å². The van der Waals surface area contributed by atoms with Gasteiger partial charge in [-0.3, -0.25) is 4.90 Å². The summed E-state index contributed by atoms with van der Waals surface area (Å²) in [5.41, 5.74) is 2.77. The Labute approximate surface area is 130 Å². The summed E-state index contributed by atoms with van der Waals surface area (Å²) in [7, 11) is 0. The number of halogens is 1. The lowest BCUT2D eigenvalue weighted by molar-refractivity contribution is -0.0813. The Morgan fingerprint density at radius 2 is 1.77 bits per heavy atom. The van der Waals surface area contributed by atoms with Gasteiger partial charge in [-0.25, -0.2) is 4.39 Å². The molecule has 1 spiro atoms. The molecule has 0 bridgehead atoms. The molecule has 0 saturated carbocycles. The van der Waals surface area contributed by atoms with Crippen LogP contribution in [0.4, 0.5) is 4.39 Å². The van der Waals surface area contributed by atoms with E-state index in [0.29, 0.717) is 6.61 Å². The minimum atomic E-state index is -0.395. The zero-order valence-corrected chi connectivity index (χ0v) is 12.6. The molecule has 2 aliphatic heterocycles. The number of rotatable bonds is 2. The van der Waals surface area contributed by atoms with Crippen LogP contribution in [0.5, 0.6) is 0 Å². The van der Waals surface area contributed by atoms with Crippen LogP contribution >= 0.6 is 0 Å². The first-order valence-electron chi connectivity index (χ1n) is 7.95. The molecule has 0 N–H and O–H groups in total. The van der Waals surface area contributed by atoms with Crippen molar-refractivity contribution in [1.82, 2.24) is 4.90 Å². The zero-order chi connectivity index (χ0) is 15.0. The number of piperidine rings is 1. The summed E-state index contributed by atoms with van der Waals surface area (Å²) in [6.45, 7) is 3.40. The van der Waals surface area contributed by atoms with E-state index >= 15 is 0 Å². The maximum Gasteiger partial charge on any atom is 0.129 e. The van der Waals surface area contributed by atoms with Crippen molar-refractivity contribution in [1.29, 1.82) is 0 Å². The first kappa shape index (κ1) is 13.9. The standard InChI is InChI=1S/C19H20FNO/c20-17-8-4-7-16-14-22-19(18(16)17)9-11-21(12-10-19)13-15-5-2-1-3-6-15/h1-8H,9-14H2. The molecule has 114 valence electrons. The lowest BCUT2D eigenvalue weighted by Gasteiger charge is -2.39. The lowest BCUT2D eigenvalue weighted by Crippen LogP contribution is -2.42. The monoisotopic (exact) mass is 297 g/mol. The molecular weight excluding hydrogens is 277 g/mol. The molecule has 2 nitrogen and oxygen atoms in total. The van der Waals surface area contributed by atoms with Crippen molar-refractivity contribution in [3.63, 3.8) is 0 Å². The van der Waals surface area contributed by atoms with E-state index in [1.54, 1.807) is 12.1 Å². The Kier molecular flexibility index (Phi) is 3.47. The predicted octanol–water partition coefficient (Wildman–Crippen LogP) is 3.85. The normalized spacial score (nSPS) is 20.2. The maximum atomic E-state index is 14.3. The zero-order valence-electron chi connectivity index (χ0n) is 12.6. The Bertz CT molecular complexity index is 662. The van der Waals surface area contributed by atoms with Gasteiger partial charge in [0.2, 0.25) is 0 Å². The Balaban J connectivity index is 1.49. The molecule has 1 saturated heterocycles. The van der Waals surface area contributed by atoms with Crippen LogP contribution in [0.1, 0.15) is 29.5 Å². The molecule has 0 aliphatic carbocycles. The quantitative estimate of drug-likeness (QED) is 0.835. The topological polar surface area (TPSA) is 12.5 Å². The van der Waals surface area contributed by atoms with E-state index in [9.17, 15) is 4.39 Å². The molecule has 1 fully saturated rings. The number of fused-ring (bicyclic) bond motifs is 2. The van der Waals surface area contributed by atoms with Crippen LogP contribution in [0.15, 0.2) is 48.5 Å². The van der Waals surface area contributed by atoms with E-state index in [4.69, 9.17) is 4.74 Å². The average Bonchev–Trinajstić information content (AvgIpc) is 2.91. The van der Waals surface area contributed by atoms with E-state index < -0.39 is 5.60 Å². The summed E-state index contributed by atoms with van der Waals surface area (Å²) in [6, 6.07) is 15.8. The maximum absolute atomic E-state index is 14.3. The SMILES string of the molecule is Fc1cccc2c1C1(CCN(Cc3ccccc3)CC1)OC2. The van der Waals surface area contributed by atoms with Crippen LogP contribution in [-0.4, -0.2) is 18.0 Å². The van der Waals surface area contributed by atoms with Crippen LogP contribution in [0, 0.1) is 5.82 Å². The highest BCUT2D eigenvalue weighted by atomic mass is 19.1. The first-order valence-corrected chi connectivity index (χ1v) is 7.95. The number of nitrogens with zero attached hydrogens (tertiary/aromatic N) is 1. The molecule has 2 heterocycles. The fraction of sp³-hybridized carbons (Fsp3) is 0.368. The minimum Gasteiger partial charge on any atom is -0.365 e. The number of hydrogen-bond donors (Lipinski definition) is 0. The number of benzene rings is 2. The fourth-order valence-electron chi connectivity index (χ4n) is 3.80. The highest BCUT2D eigenvalue weighted by Crippen LogP contribution is 2.45. The molecule has 2 aromatic carbocycles. The molecule has 0 radical (unpaired) electrons. The molecule has 22 heavy (non-hydrogen) atoms. The minimum absolute atomic E-state index is 0.105. The molecule has 0 atom stereocenters. The number of ether oxygens (including phenoxy) is 1. The highest BCUT2D eigenvalue weighted by molar-refractivity contribution is 5.37. The summed E-state index contributed by atoms with van der Waals surface area (Å²) in [6.07, 6.45) is 1.74. The van der Waals surface area contributed by atoms with Gasteiger partial charge in [-0.15, -0.1) is 0 Å². The summed E-state index contributed by atoms with van der Waals surface area (Å²) >= 11 is 0. The van der Waals surface area contributed by atoms with E-state index in [0.717, 1.165) is 43.6 Å². The Morgan fingerprint density at radius 3 is 2.55 bits per heavy atom. The third kappa shape index (κ3) is 2.34. The van der Waals surface area contributed by atoms with E-state index in [-0.39, 0.29) is 5.82 Å². The van der Waals surface area contributed by atoms with Gasteiger partial charge in [-0.1, -0.05) is 42.5 Å². The summed E-state index contributed by atoms with van der Waals surface area (Å²) in [5, 5.41) is 0. The summed E-state index contributed by atoms with van der Waals surface area (Å²) in [5.74, 6) is -0.105. The molecule has 0 unspecified atom stereocenters. The third-order valence-electron chi connectivity index (χ3n) is 4.97. The van der Waals surface area contributed by atoms with Crippen LogP contribution in [-0.2, 0) is 23.5 Å². The van der Waals surface area contributed by atoms with E-state index in [1.165, 1.54) is 5.56 Å². The summed E-state index contributed by atoms with van der Waals surface area (Å²) < 4.78 is 20.3. The molecule has 0 amide bonds. The molecule has 2 aliphatic rings. The third-order valence-corrected chi connectivity index (χ3v) is 4.97. The van der Waals surface area contributed by atoms with E-state index in [1.807, 2.05) is 12.1 Å². The predicted molar refractivity (Wildman–Crippen MR) is 83.8 cm³/mol. The van der Waals surface area contributed by atoms with Crippen molar-refractivity contribution >= 4 is 0 Å². The largest absolute Gasteiger partial charge is 0.365 e.